The van der Waals surface area contributed by atoms with Crippen LogP contribution >= 0.6 is 27.5 Å². The van der Waals surface area contributed by atoms with Crippen LogP contribution in [0.2, 0.25) is 5.02 Å². The van der Waals surface area contributed by atoms with Gasteiger partial charge in [0.05, 0.1) is 10.0 Å². The summed E-state index contributed by atoms with van der Waals surface area (Å²) in [6, 6.07) is 5.06. The number of hydrogen-bond acceptors (Lipinski definition) is 2. The molecule has 0 saturated carbocycles. The molecule has 1 aromatic carbocycles. The zero-order chi connectivity index (χ0) is 14.9. The minimum Gasteiger partial charge on any atom is -0.339 e. The molecule has 7 heteroatoms. The topological polar surface area (TPSA) is 24.9 Å². The first-order valence-corrected chi connectivity index (χ1v) is 6.70. The predicted molar refractivity (Wildman–Crippen MR) is 76.4 cm³/mol. The smallest absolute Gasteiger partial charge is 0.339 e. The average Bonchev–Trinajstić information content (AvgIpc) is 2.33. The zero-order valence-corrected chi connectivity index (χ0v) is 12.6. The molecule has 1 aromatic heterocycles. The van der Waals surface area contributed by atoms with E-state index in [9.17, 15) is 13.2 Å². The van der Waals surface area contributed by atoms with Crippen molar-refractivity contribution in [3.8, 4) is 0 Å². The van der Waals surface area contributed by atoms with Crippen LogP contribution in [0.4, 0.5) is 24.7 Å². The molecule has 106 valence electrons. The van der Waals surface area contributed by atoms with E-state index in [0.717, 1.165) is 17.7 Å². The van der Waals surface area contributed by atoms with Crippen LogP contribution in [0.15, 0.2) is 34.9 Å². The number of pyridine rings is 1. The van der Waals surface area contributed by atoms with Gasteiger partial charge in [0.2, 0.25) is 0 Å². The zero-order valence-electron chi connectivity index (χ0n) is 10.2. The van der Waals surface area contributed by atoms with Crippen molar-refractivity contribution in [1.29, 1.82) is 0 Å². The van der Waals surface area contributed by atoms with Crippen LogP contribution in [-0.2, 0) is 6.18 Å². The second kappa shape index (κ2) is 5.61. The highest BCUT2D eigenvalue weighted by Gasteiger charge is 2.31. The molecule has 0 aliphatic heterocycles. The third-order valence-corrected chi connectivity index (χ3v) is 3.79. The molecule has 0 spiro atoms. The molecule has 0 saturated heterocycles. The molecular formula is C13H9BrClF3N2. The Labute approximate surface area is 127 Å². The fourth-order valence-electron chi connectivity index (χ4n) is 1.59. The van der Waals surface area contributed by atoms with Crippen LogP contribution in [-0.4, -0.2) is 4.98 Å². The summed E-state index contributed by atoms with van der Waals surface area (Å²) >= 11 is 9.06. The minimum absolute atomic E-state index is 0.00565. The number of nitrogens with one attached hydrogen (secondary N) is 1. The molecule has 1 heterocycles. The Hall–Kier alpha value is -1.27. The van der Waals surface area contributed by atoms with E-state index in [1.54, 1.807) is 12.3 Å². The molecule has 20 heavy (non-hydrogen) atoms. The van der Waals surface area contributed by atoms with Gasteiger partial charge in [0, 0.05) is 16.9 Å². The molecule has 0 radical (unpaired) electrons. The fraction of sp³-hybridized carbons (Fsp3) is 0.154. The summed E-state index contributed by atoms with van der Waals surface area (Å²) in [6.45, 7) is 1.86. The van der Waals surface area contributed by atoms with E-state index in [0.29, 0.717) is 10.3 Å². The van der Waals surface area contributed by atoms with Crippen molar-refractivity contribution in [3.63, 3.8) is 0 Å². The first-order chi connectivity index (χ1) is 9.27. The number of aromatic nitrogens is 1. The van der Waals surface area contributed by atoms with Gasteiger partial charge in [-0.05, 0) is 52.7 Å². The van der Waals surface area contributed by atoms with Crippen LogP contribution in [0.1, 0.15) is 11.1 Å². The summed E-state index contributed by atoms with van der Waals surface area (Å²) in [5.74, 6) is 0.431. The summed E-state index contributed by atoms with van der Waals surface area (Å²) in [5, 5.41) is 2.83. The summed E-state index contributed by atoms with van der Waals surface area (Å²) in [5.41, 5.74) is 0.334. The van der Waals surface area contributed by atoms with Crippen LogP contribution in [0.3, 0.4) is 0 Å². The van der Waals surface area contributed by atoms with E-state index in [1.165, 1.54) is 6.07 Å². The van der Waals surface area contributed by atoms with Crippen LogP contribution in [0.5, 0.6) is 0 Å². The van der Waals surface area contributed by atoms with Crippen molar-refractivity contribution in [2.24, 2.45) is 0 Å². The predicted octanol–water partition coefficient (Wildman–Crippen LogP) is 5.57. The highest BCUT2D eigenvalue weighted by molar-refractivity contribution is 9.10. The van der Waals surface area contributed by atoms with Crippen molar-refractivity contribution in [3.05, 3.63) is 51.1 Å². The molecule has 0 unspecified atom stereocenters. The van der Waals surface area contributed by atoms with Gasteiger partial charge < -0.3 is 5.32 Å². The first kappa shape index (κ1) is 15.1. The fourth-order valence-corrected chi connectivity index (χ4v) is 2.16. The maximum absolute atomic E-state index is 12.7. The average molecular weight is 366 g/mol. The number of nitrogens with zero attached hydrogens (tertiary/aromatic N) is 1. The standard InChI is InChI=1S/C13H9BrClF3N2/c1-7-2-3-19-12(11(7)14)20-10-5-8(13(16,17)18)4-9(15)6-10/h2-6H,1H3,(H,19,20). The Kier molecular flexibility index (Phi) is 4.25. The van der Waals surface area contributed by atoms with Gasteiger partial charge >= 0.3 is 6.18 Å². The van der Waals surface area contributed by atoms with Crippen molar-refractivity contribution < 1.29 is 13.2 Å². The number of halogens is 5. The van der Waals surface area contributed by atoms with E-state index in [-0.39, 0.29) is 10.7 Å². The molecule has 2 nitrogen and oxygen atoms in total. The Bertz CT molecular complexity index is 644. The van der Waals surface area contributed by atoms with Crippen molar-refractivity contribution >= 4 is 39.0 Å². The van der Waals surface area contributed by atoms with Crippen LogP contribution in [0.25, 0.3) is 0 Å². The molecule has 2 aromatic rings. The van der Waals surface area contributed by atoms with Crippen molar-refractivity contribution in [2.75, 3.05) is 5.32 Å². The molecule has 0 amide bonds. The third-order valence-electron chi connectivity index (χ3n) is 2.57. The van der Waals surface area contributed by atoms with Gasteiger partial charge in [-0.1, -0.05) is 11.6 Å². The molecule has 0 aliphatic rings. The van der Waals surface area contributed by atoms with Crippen LogP contribution < -0.4 is 5.32 Å². The van der Waals surface area contributed by atoms with Gasteiger partial charge in [-0.15, -0.1) is 0 Å². The Morgan fingerprint density at radius 3 is 2.60 bits per heavy atom. The number of alkyl halides is 3. The molecule has 0 aliphatic carbocycles. The second-order valence-electron chi connectivity index (χ2n) is 4.14. The van der Waals surface area contributed by atoms with Crippen molar-refractivity contribution in [1.82, 2.24) is 4.98 Å². The normalized spacial score (nSPS) is 11.5. The Balaban J connectivity index is 2.39. The number of benzene rings is 1. The first-order valence-electron chi connectivity index (χ1n) is 5.53. The maximum Gasteiger partial charge on any atom is 0.416 e. The van der Waals surface area contributed by atoms with E-state index in [4.69, 9.17) is 11.6 Å². The van der Waals surface area contributed by atoms with Gasteiger partial charge in [0.15, 0.2) is 0 Å². The number of hydrogen-bond donors (Lipinski definition) is 1. The SMILES string of the molecule is Cc1ccnc(Nc2cc(Cl)cc(C(F)(F)F)c2)c1Br. The summed E-state index contributed by atoms with van der Waals surface area (Å²) in [7, 11) is 0. The maximum atomic E-state index is 12.7. The highest BCUT2D eigenvalue weighted by atomic mass is 79.9. The lowest BCUT2D eigenvalue weighted by Crippen LogP contribution is -2.06. The molecule has 1 N–H and O–H groups in total. The summed E-state index contributed by atoms with van der Waals surface area (Å²) in [6.07, 6.45) is -2.88. The van der Waals surface area contributed by atoms with E-state index in [2.05, 4.69) is 26.2 Å². The van der Waals surface area contributed by atoms with Crippen molar-refractivity contribution in [2.45, 2.75) is 13.1 Å². The Morgan fingerprint density at radius 2 is 1.95 bits per heavy atom. The molecule has 0 atom stereocenters. The van der Waals surface area contributed by atoms with E-state index in [1.807, 2.05) is 6.92 Å². The summed E-state index contributed by atoms with van der Waals surface area (Å²) < 4.78 is 38.8. The van der Waals surface area contributed by atoms with Gasteiger partial charge in [0.1, 0.15) is 5.82 Å². The number of anilines is 2. The largest absolute Gasteiger partial charge is 0.416 e. The van der Waals surface area contributed by atoms with Gasteiger partial charge in [-0.3, -0.25) is 0 Å². The van der Waals surface area contributed by atoms with E-state index >= 15 is 0 Å². The molecule has 2 rings (SSSR count). The lowest BCUT2D eigenvalue weighted by atomic mass is 10.2. The van der Waals surface area contributed by atoms with Gasteiger partial charge in [-0.25, -0.2) is 4.98 Å². The summed E-state index contributed by atoms with van der Waals surface area (Å²) in [4.78, 5) is 4.07. The lowest BCUT2D eigenvalue weighted by Gasteiger charge is -2.12. The monoisotopic (exact) mass is 364 g/mol. The molecule has 0 bridgehead atoms. The second-order valence-corrected chi connectivity index (χ2v) is 5.37. The minimum atomic E-state index is -4.45. The lowest BCUT2D eigenvalue weighted by molar-refractivity contribution is -0.137. The Morgan fingerprint density at radius 1 is 1.25 bits per heavy atom. The van der Waals surface area contributed by atoms with Gasteiger partial charge in [0.25, 0.3) is 0 Å². The van der Waals surface area contributed by atoms with E-state index < -0.39 is 11.7 Å². The number of aryl methyl sites for hydroxylation is 1. The highest BCUT2D eigenvalue weighted by Crippen LogP contribution is 2.35. The molecular weight excluding hydrogens is 357 g/mol. The van der Waals surface area contributed by atoms with Crippen LogP contribution in [0, 0.1) is 6.92 Å². The number of rotatable bonds is 2. The third kappa shape index (κ3) is 3.43. The molecule has 0 fully saturated rings. The quantitative estimate of drug-likeness (QED) is 0.753. The van der Waals surface area contributed by atoms with Gasteiger partial charge in [-0.2, -0.15) is 13.2 Å².